The summed E-state index contributed by atoms with van der Waals surface area (Å²) in [6.45, 7) is 6.43. The van der Waals surface area contributed by atoms with Crippen LogP contribution in [0.3, 0.4) is 0 Å². The number of carbonyl (C=O) groups is 2. The van der Waals surface area contributed by atoms with Crippen LogP contribution in [0.25, 0.3) is 0 Å². The highest BCUT2D eigenvalue weighted by atomic mass is 16.5. The Bertz CT molecular complexity index is 580. The first-order valence-corrected chi connectivity index (χ1v) is 7.42. The average Bonchev–Trinajstić information content (AvgIpc) is 2.75. The Balaban J connectivity index is 1.73. The Morgan fingerprint density at radius 2 is 1.86 bits per heavy atom. The smallest absolute Gasteiger partial charge is 0.306 e. The number of anilines is 1. The molecule has 2 aliphatic rings. The van der Waals surface area contributed by atoms with Gasteiger partial charge in [-0.2, -0.15) is 5.01 Å². The molecule has 22 heavy (non-hydrogen) atoms. The minimum absolute atomic E-state index is 0.214. The minimum atomic E-state index is -0.338. The molecule has 1 aromatic rings. The molecule has 3 rings (SSSR count). The lowest BCUT2D eigenvalue weighted by atomic mass is 10.2. The summed E-state index contributed by atoms with van der Waals surface area (Å²) < 4.78 is 5.30. The number of ether oxygens (including phenoxy) is 1. The molecule has 0 spiro atoms. The molecule has 8 heteroatoms. The van der Waals surface area contributed by atoms with E-state index in [0.717, 1.165) is 34.4 Å². The van der Waals surface area contributed by atoms with Crippen molar-refractivity contribution in [2.75, 3.05) is 31.7 Å². The van der Waals surface area contributed by atoms with Gasteiger partial charge in [-0.25, -0.2) is 9.97 Å². The van der Waals surface area contributed by atoms with Crippen LogP contribution in [0.2, 0.25) is 0 Å². The summed E-state index contributed by atoms with van der Waals surface area (Å²) in [7, 11) is 0. The Hall–Kier alpha value is -2.06. The Labute approximate surface area is 128 Å². The first kappa shape index (κ1) is 14.9. The van der Waals surface area contributed by atoms with Gasteiger partial charge in [-0.3, -0.25) is 15.0 Å². The molecule has 8 nitrogen and oxygen atoms in total. The molecule has 2 amide bonds. The highest BCUT2D eigenvalue weighted by molar-refractivity contribution is 6.05. The standard InChI is InChI=1S/C14H19N5O3/c1-9-7-10(2)16-14(15-9)17-19-12(20)8-11(13(19)21)18-3-5-22-6-4-18/h7,11H,3-6,8H2,1-2H3,(H,15,16,17)/p+1/t11-/m1/s1. The summed E-state index contributed by atoms with van der Waals surface area (Å²) in [6.07, 6.45) is 0.214. The van der Waals surface area contributed by atoms with Gasteiger partial charge in [0.2, 0.25) is 5.95 Å². The molecule has 0 aliphatic carbocycles. The van der Waals surface area contributed by atoms with E-state index in [9.17, 15) is 9.59 Å². The fourth-order valence-electron chi connectivity index (χ4n) is 2.93. The predicted octanol–water partition coefficient (Wildman–Crippen LogP) is -1.54. The number of nitrogens with zero attached hydrogens (tertiary/aromatic N) is 3. The molecule has 2 N–H and O–H groups in total. The summed E-state index contributed by atoms with van der Waals surface area (Å²) in [4.78, 5) is 34.2. The normalized spacial score (nSPS) is 23.2. The number of morpholine rings is 1. The number of quaternary nitrogens is 1. The van der Waals surface area contributed by atoms with Crippen molar-refractivity contribution in [3.8, 4) is 0 Å². The highest BCUT2D eigenvalue weighted by Gasteiger charge is 2.46. The van der Waals surface area contributed by atoms with Gasteiger partial charge in [0.15, 0.2) is 6.04 Å². The number of aromatic nitrogens is 2. The summed E-state index contributed by atoms with van der Waals surface area (Å²) in [5.74, 6) is -0.182. The van der Waals surface area contributed by atoms with E-state index in [1.807, 2.05) is 19.9 Å². The van der Waals surface area contributed by atoms with E-state index < -0.39 is 0 Å². The number of rotatable bonds is 3. The Morgan fingerprint density at radius 1 is 1.23 bits per heavy atom. The molecule has 1 aromatic heterocycles. The van der Waals surface area contributed by atoms with Crippen LogP contribution in [-0.4, -0.2) is 59.1 Å². The molecule has 0 saturated carbocycles. The van der Waals surface area contributed by atoms with Gasteiger partial charge in [0.25, 0.3) is 5.91 Å². The zero-order chi connectivity index (χ0) is 15.7. The van der Waals surface area contributed by atoms with Gasteiger partial charge >= 0.3 is 5.91 Å². The number of nitrogens with one attached hydrogen (secondary N) is 2. The van der Waals surface area contributed by atoms with E-state index in [2.05, 4.69) is 15.4 Å². The molecule has 3 heterocycles. The van der Waals surface area contributed by atoms with E-state index in [1.165, 1.54) is 0 Å². The largest absolute Gasteiger partial charge is 0.370 e. The summed E-state index contributed by atoms with van der Waals surface area (Å²) in [6, 6.07) is 1.49. The fraction of sp³-hybridized carbons (Fsp3) is 0.571. The lowest BCUT2D eigenvalue weighted by molar-refractivity contribution is -0.922. The first-order valence-electron chi connectivity index (χ1n) is 7.42. The van der Waals surface area contributed by atoms with E-state index in [0.29, 0.717) is 13.2 Å². The maximum atomic E-state index is 12.5. The quantitative estimate of drug-likeness (QED) is 0.658. The van der Waals surface area contributed by atoms with Crippen molar-refractivity contribution in [1.29, 1.82) is 0 Å². The highest BCUT2D eigenvalue weighted by Crippen LogP contribution is 2.13. The van der Waals surface area contributed by atoms with Crippen LogP contribution < -0.4 is 10.3 Å². The van der Waals surface area contributed by atoms with Crippen LogP contribution in [0, 0.1) is 13.8 Å². The van der Waals surface area contributed by atoms with E-state index in [4.69, 9.17) is 4.74 Å². The zero-order valence-corrected chi connectivity index (χ0v) is 12.8. The molecular formula is C14H20N5O3+. The van der Waals surface area contributed by atoms with Crippen molar-refractivity contribution < 1.29 is 19.2 Å². The summed E-state index contributed by atoms with van der Waals surface area (Å²) >= 11 is 0. The number of hydrogen-bond acceptors (Lipinski definition) is 6. The Kier molecular flexibility index (Phi) is 4.04. The lowest BCUT2D eigenvalue weighted by Crippen LogP contribution is -3.18. The molecule has 2 aliphatic heterocycles. The van der Waals surface area contributed by atoms with Crippen LogP contribution in [0.4, 0.5) is 5.95 Å². The lowest BCUT2D eigenvalue weighted by Gasteiger charge is -2.27. The third kappa shape index (κ3) is 2.93. The van der Waals surface area contributed by atoms with Crippen molar-refractivity contribution in [3.63, 3.8) is 0 Å². The number of amides is 2. The second-order valence-corrected chi connectivity index (χ2v) is 5.68. The number of aryl methyl sites for hydroxylation is 2. The third-order valence-electron chi connectivity index (χ3n) is 3.97. The molecule has 2 fully saturated rings. The second kappa shape index (κ2) is 5.98. The monoisotopic (exact) mass is 306 g/mol. The van der Waals surface area contributed by atoms with Gasteiger partial charge in [0.1, 0.15) is 13.1 Å². The van der Waals surface area contributed by atoms with E-state index >= 15 is 0 Å². The van der Waals surface area contributed by atoms with Crippen LogP contribution in [-0.2, 0) is 14.3 Å². The molecule has 0 bridgehead atoms. The van der Waals surface area contributed by atoms with Crippen LogP contribution >= 0.6 is 0 Å². The molecule has 0 radical (unpaired) electrons. The first-order chi connectivity index (χ1) is 10.5. The number of carbonyl (C=O) groups excluding carboxylic acids is 2. The van der Waals surface area contributed by atoms with Crippen molar-refractivity contribution in [2.24, 2.45) is 0 Å². The van der Waals surface area contributed by atoms with Gasteiger partial charge in [-0.05, 0) is 19.9 Å². The molecule has 1 atom stereocenters. The van der Waals surface area contributed by atoms with Gasteiger partial charge in [0.05, 0.1) is 19.6 Å². The SMILES string of the molecule is Cc1cc(C)nc(NN2C(=O)C[C@@H]([NH+]3CCOCC3)C2=O)n1. The van der Waals surface area contributed by atoms with Gasteiger partial charge in [-0.1, -0.05) is 0 Å². The third-order valence-corrected chi connectivity index (χ3v) is 3.97. The predicted molar refractivity (Wildman–Crippen MR) is 76.9 cm³/mol. The van der Waals surface area contributed by atoms with E-state index in [-0.39, 0.29) is 30.2 Å². The molecular weight excluding hydrogens is 286 g/mol. The van der Waals surface area contributed by atoms with Gasteiger partial charge in [-0.15, -0.1) is 0 Å². The molecule has 2 saturated heterocycles. The Morgan fingerprint density at radius 3 is 2.50 bits per heavy atom. The number of imide groups is 1. The molecule has 0 aromatic carbocycles. The minimum Gasteiger partial charge on any atom is -0.370 e. The van der Waals surface area contributed by atoms with Crippen molar-refractivity contribution in [2.45, 2.75) is 26.3 Å². The zero-order valence-electron chi connectivity index (χ0n) is 12.8. The molecule has 0 unspecified atom stereocenters. The number of hydrazine groups is 1. The summed E-state index contributed by atoms with van der Waals surface area (Å²) in [5.41, 5.74) is 4.32. The topological polar surface area (TPSA) is 88.9 Å². The van der Waals surface area contributed by atoms with Crippen LogP contribution in [0.1, 0.15) is 17.8 Å². The van der Waals surface area contributed by atoms with E-state index in [1.54, 1.807) is 0 Å². The number of hydrogen-bond donors (Lipinski definition) is 2. The molecule has 118 valence electrons. The van der Waals surface area contributed by atoms with Gasteiger partial charge in [0, 0.05) is 11.4 Å². The average molecular weight is 306 g/mol. The maximum Gasteiger partial charge on any atom is 0.306 e. The maximum absolute atomic E-state index is 12.5. The van der Waals surface area contributed by atoms with Crippen molar-refractivity contribution in [3.05, 3.63) is 17.5 Å². The van der Waals surface area contributed by atoms with Crippen molar-refractivity contribution >= 4 is 17.8 Å². The summed E-state index contributed by atoms with van der Waals surface area (Å²) in [5, 5.41) is 1.06. The van der Waals surface area contributed by atoms with Gasteiger partial charge < -0.3 is 9.64 Å². The van der Waals surface area contributed by atoms with Crippen LogP contribution in [0.15, 0.2) is 6.07 Å². The fourth-order valence-corrected chi connectivity index (χ4v) is 2.93. The van der Waals surface area contributed by atoms with Crippen LogP contribution in [0.5, 0.6) is 0 Å². The second-order valence-electron chi connectivity index (χ2n) is 5.68. The van der Waals surface area contributed by atoms with Crippen molar-refractivity contribution in [1.82, 2.24) is 15.0 Å².